The Hall–Kier alpha value is -2.60. The van der Waals surface area contributed by atoms with Crippen LogP contribution in [0.3, 0.4) is 0 Å². The van der Waals surface area contributed by atoms with Gasteiger partial charge in [-0.05, 0) is 55.6 Å². The molecule has 1 aromatic carbocycles. The Balaban J connectivity index is 1.50. The Kier molecular flexibility index (Phi) is 6.99. The molecule has 6 nitrogen and oxygen atoms in total. The van der Waals surface area contributed by atoms with Crippen molar-refractivity contribution in [3.8, 4) is 11.5 Å². The molecule has 1 N–H and O–H groups in total. The number of carbonyl (C=O) groups excluding carboxylic acids is 1. The van der Waals surface area contributed by atoms with E-state index < -0.39 is 5.41 Å². The Morgan fingerprint density at radius 3 is 2.72 bits per heavy atom. The third-order valence-electron chi connectivity index (χ3n) is 6.28. The van der Waals surface area contributed by atoms with Crippen molar-refractivity contribution in [3.05, 3.63) is 53.9 Å². The largest absolute Gasteiger partial charge is 0.486 e. The fraction of sp³-hybridized carbons (Fsp3) is 0.538. The minimum absolute atomic E-state index is 0.0577. The molecule has 0 saturated carbocycles. The summed E-state index contributed by atoms with van der Waals surface area (Å²) in [6.07, 6.45) is 6.19. The van der Waals surface area contributed by atoms with Crippen LogP contribution in [0.4, 0.5) is 0 Å². The van der Waals surface area contributed by atoms with Crippen LogP contribution in [0.25, 0.3) is 0 Å². The molecule has 0 bridgehead atoms. The smallest absolute Gasteiger partial charge is 0.225 e. The van der Waals surface area contributed by atoms with Crippen molar-refractivity contribution in [2.75, 3.05) is 19.8 Å². The van der Waals surface area contributed by atoms with Gasteiger partial charge in [0.05, 0.1) is 11.7 Å². The minimum atomic E-state index is -0.440. The molecule has 0 radical (unpaired) electrons. The number of nitrogens with one attached hydrogen (secondary N) is 1. The van der Waals surface area contributed by atoms with Gasteiger partial charge in [-0.15, -0.1) is 0 Å². The number of carbonyl (C=O) groups is 1. The van der Waals surface area contributed by atoms with Crippen LogP contribution in [0, 0.1) is 5.41 Å². The number of nitrogens with zero attached hydrogens (tertiary/aromatic N) is 2. The highest BCUT2D eigenvalue weighted by Crippen LogP contribution is 2.33. The summed E-state index contributed by atoms with van der Waals surface area (Å²) in [4.78, 5) is 19.9. The normalized spacial score (nSPS) is 19.9. The quantitative estimate of drug-likeness (QED) is 0.721. The lowest BCUT2D eigenvalue weighted by molar-refractivity contribution is -0.129. The number of piperidine rings is 1. The van der Waals surface area contributed by atoms with E-state index in [-0.39, 0.29) is 11.9 Å². The molecule has 4 rings (SSSR count). The van der Waals surface area contributed by atoms with Gasteiger partial charge in [0.15, 0.2) is 11.5 Å². The molecule has 0 spiro atoms. The van der Waals surface area contributed by atoms with Gasteiger partial charge < -0.3 is 14.8 Å². The van der Waals surface area contributed by atoms with Crippen molar-refractivity contribution in [2.24, 2.45) is 5.41 Å². The number of ether oxygens (including phenoxy) is 2. The first-order valence-corrected chi connectivity index (χ1v) is 11.7. The highest BCUT2D eigenvalue weighted by Gasteiger charge is 2.30. The number of rotatable bonds is 6. The summed E-state index contributed by atoms with van der Waals surface area (Å²) in [5.74, 6) is 1.73. The number of pyridine rings is 1. The summed E-state index contributed by atoms with van der Waals surface area (Å²) < 4.78 is 11.4. The third-order valence-corrected chi connectivity index (χ3v) is 6.28. The summed E-state index contributed by atoms with van der Waals surface area (Å²) >= 11 is 0. The lowest BCUT2D eigenvalue weighted by Gasteiger charge is -2.38. The molecule has 6 heteroatoms. The van der Waals surface area contributed by atoms with Crippen LogP contribution in [0.1, 0.15) is 63.8 Å². The Morgan fingerprint density at radius 2 is 1.97 bits per heavy atom. The van der Waals surface area contributed by atoms with Crippen molar-refractivity contribution in [1.29, 1.82) is 0 Å². The van der Waals surface area contributed by atoms with Crippen molar-refractivity contribution in [1.82, 2.24) is 15.2 Å². The number of amides is 1. The Morgan fingerprint density at radius 1 is 1.16 bits per heavy atom. The maximum atomic E-state index is 12.8. The summed E-state index contributed by atoms with van der Waals surface area (Å²) in [6, 6.07) is 12.5. The van der Waals surface area contributed by atoms with Crippen molar-refractivity contribution >= 4 is 5.91 Å². The molecule has 172 valence electrons. The molecule has 1 aromatic heterocycles. The van der Waals surface area contributed by atoms with E-state index in [2.05, 4.69) is 27.3 Å². The van der Waals surface area contributed by atoms with Gasteiger partial charge in [-0.3, -0.25) is 14.7 Å². The number of likely N-dealkylation sites (tertiary alicyclic amines) is 1. The molecule has 1 fully saturated rings. The number of fused-ring (bicyclic) bond motifs is 1. The average Bonchev–Trinajstić information content (AvgIpc) is 2.79. The maximum absolute atomic E-state index is 12.8. The molecule has 2 atom stereocenters. The van der Waals surface area contributed by atoms with Crippen LogP contribution in [-0.2, 0) is 11.3 Å². The molecule has 2 aromatic rings. The second kappa shape index (κ2) is 9.90. The Labute approximate surface area is 191 Å². The molecule has 0 aliphatic carbocycles. The zero-order chi connectivity index (χ0) is 22.6. The van der Waals surface area contributed by atoms with Crippen molar-refractivity contribution in [2.45, 2.75) is 65.1 Å². The summed E-state index contributed by atoms with van der Waals surface area (Å²) in [6.45, 7) is 8.98. The zero-order valence-corrected chi connectivity index (χ0v) is 19.5. The van der Waals surface area contributed by atoms with Gasteiger partial charge in [0.25, 0.3) is 0 Å². The molecule has 32 heavy (non-hydrogen) atoms. The first kappa shape index (κ1) is 22.6. The van der Waals surface area contributed by atoms with Crippen molar-refractivity contribution < 1.29 is 14.3 Å². The Bertz CT molecular complexity index is 910. The van der Waals surface area contributed by atoms with Gasteiger partial charge in [-0.2, -0.15) is 0 Å². The predicted molar refractivity (Wildman–Crippen MR) is 125 cm³/mol. The molecule has 1 saturated heterocycles. The molecular weight excluding hydrogens is 402 g/mol. The van der Waals surface area contributed by atoms with E-state index in [1.54, 1.807) is 6.20 Å². The molecule has 1 amide bonds. The summed E-state index contributed by atoms with van der Waals surface area (Å²) in [5, 5.41) is 3.28. The highest BCUT2D eigenvalue weighted by atomic mass is 16.6. The molecule has 0 unspecified atom stereocenters. The average molecular weight is 438 g/mol. The second-order valence-corrected chi connectivity index (χ2v) is 9.86. The second-order valence-electron chi connectivity index (χ2n) is 9.86. The fourth-order valence-electron chi connectivity index (χ4n) is 4.44. The van der Waals surface area contributed by atoms with Crippen LogP contribution in [0.5, 0.6) is 11.5 Å². The zero-order valence-electron chi connectivity index (χ0n) is 19.5. The first-order valence-electron chi connectivity index (χ1n) is 11.7. The molecule has 2 aliphatic heterocycles. The summed E-state index contributed by atoms with van der Waals surface area (Å²) in [5.41, 5.74) is 1.72. The SMILES string of the molecule is CC(C)(C)C(=O)N[C@H](C[C@@H]1CCCCN1Cc1ccc2c(c1)OCCO2)c1ccccn1. The van der Waals surface area contributed by atoms with Crippen LogP contribution in [0.15, 0.2) is 42.6 Å². The third kappa shape index (κ3) is 5.60. The van der Waals surface area contributed by atoms with Crippen molar-refractivity contribution in [3.63, 3.8) is 0 Å². The minimum Gasteiger partial charge on any atom is -0.486 e. The monoisotopic (exact) mass is 437 g/mol. The van der Waals surface area contributed by atoms with E-state index in [1.165, 1.54) is 18.4 Å². The number of aromatic nitrogens is 1. The molecule has 2 aliphatic rings. The van der Waals surface area contributed by atoms with Gasteiger partial charge in [-0.1, -0.05) is 39.3 Å². The summed E-state index contributed by atoms with van der Waals surface area (Å²) in [7, 11) is 0. The van der Waals surface area contributed by atoms with Crippen LogP contribution in [0.2, 0.25) is 0 Å². The van der Waals surface area contributed by atoms with Crippen LogP contribution >= 0.6 is 0 Å². The lowest BCUT2D eigenvalue weighted by atomic mass is 9.91. The van der Waals surface area contributed by atoms with E-state index in [0.717, 1.165) is 43.1 Å². The predicted octanol–water partition coefficient (Wildman–Crippen LogP) is 4.50. The van der Waals surface area contributed by atoms with Crippen LogP contribution < -0.4 is 14.8 Å². The van der Waals surface area contributed by atoms with Crippen LogP contribution in [-0.4, -0.2) is 41.6 Å². The van der Waals surface area contributed by atoms with E-state index in [9.17, 15) is 4.79 Å². The highest BCUT2D eigenvalue weighted by molar-refractivity contribution is 5.81. The number of hydrogen-bond acceptors (Lipinski definition) is 5. The fourth-order valence-corrected chi connectivity index (χ4v) is 4.44. The van der Waals surface area contributed by atoms with Gasteiger partial charge in [0, 0.05) is 24.2 Å². The number of hydrogen-bond donors (Lipinski definition) is 1. The van der Waals surface area contributed by atoms with Gasteiger partial charge >= 0.3 is 0 Å². The molecular formula is C26H35N3O3. The topological polar surface area (TPSA) is 63.7 Å². The van der Waals surface area contributed by atoms with Gasteiger partial charge in [-0.25, -0.2) is 0 Å². The van der Waals surface area contributed by atoms with E-state index in [0.29, 0.717) is 19.3 Å². The van der Waals surface area contributed by atoms with E-state index >= 15 is 0 Å². The standard InChI is InChI=1S/C26H35N3O3/c1-26(2,3)25(30)28-22(21-9-4-6-12-27-21)17-20-8-5-7-13-29(20)18-19-10-11-23-24(16-19)32-15-14-31-23/h4,6,9-12,16,20,22H,5,7-8,13-15,17-18H2,1-3H3,(H,28,30)/t20-,22+/m0/s1. The maximum Gasteiger partial charge on any atom is 0.225 e. The lowest BCUT2D eigenvalue weighted by Crippen LogP contribution is -2.44. The van der Waals surface area contributed by atoms with E-state index in [1.807, 2.05) is 45.0 Å². The van der Waals surface area contributed by atoms with E-state index in [4.69, 9.17) is 9.47 Å². The molecule has 3 heterocycles. The number of benzene rings is 1. The first-order chi connectivity index (χ1) is 15.4. The van der Waals surface area contributed by atoms with Gasteiger partial charge in [0.1, 0.15) is 13.2 Å². The van der Waals surface area contributed by atoms with Gasteiger partial charge in [0.2, 0.25) is 5.91 Å².